The van der Waals surface area contributed by atoms with Gasteiger partial charge in [0.05, 0.1) is 12.2 Å². The van der Waals surface area contributed by atoms with Gasteiger partial charge in [0.15, 0.2) is 0 Å². The average Bonchev–Trinajstić information content (AvgIpc) is 2.66. The third-order valence-electron chi connectivity index (χ3n) is 2.19. The van der Waals surface area contributed by atoms with E-state index in [0.717, 1.165) is 11.3 Å². The summed E-state index contributed by atoms with van der Waals surface area (Å²) in [5.74, 6) is 0. The molecular formula is C11H12ClN3O. The summed E-state index contributed by atoms with van der Waals surface area (Å²) >= 11 is 5.89. The number of benzene rings is 1. The van der Waals surface area contributed by atoms with Crippen molar-refractivity contribution in [3.63, 3.8) is 0 Å². The molecule has 0 unspecified atom stereocenters. The van der Waals surface area contributed by atoms with Gasteiger partial charge in [0.2, 0.25) is 0 Å². The highest BCUT2D eigenvalue weighted by atomic mass is 35.5. The molecule has 0 bridgehead atoms. The Morgan fingerprint density at radius 3 is 3.00 bits per heavy atom. The minimum atomic E-state index is 0.0931. The lowest BCUT2D eigenvalue weighted by molar-refractivity contribution is 0.298. The number of halogens is 1. The molecule has 0 spiro atoms. The van der Waals surface area contributed by atoms with Gasteiger partial charge in [-0.2, -0.15) is 0 Å². The number of hydrogen-bond donors (Lipinski definition) is 1. The van der Waals surface area contributed by atoms with Crippen LogP contribution in [0.25, 0.3) is 0 Å². The zero-order valence-electron chi connectivity index (χ0n) is 8.67. The topological polar surface area (TPSA) is 50.9 Å². The van der Waals surface area contributed by atoms with Crippen LogP contribution < -0.4 is 0 Å². The fraction of sp³-hybridized carbons (Fsp3) is 0.273. The summed E-state index contributed by atoms with van der Waals surface area (Å²) in [5, 5.41) is 17.4. The summed E-state index contributed by atoms with van der Waals surface area (Å²) in [4.78, 5) is 0. The highest BCUT2D eigenvalue weighted by molar-refractivity contribution is 6.30. The molecular weight excluding hydrogens is 226 g/mol. The molecule has 1 aromatic carbocycles. The lowest BCUT2D eigenvalue weighted by Gasteiger charge is -2.00. The van der Waals surface area contributed by atoms with Gasteiger partial charge in [0, 0.05) is 24.2 Å². The van der Waals surface area contributed by atoms with E-state index in [4.69, 9.17) is 16.7 Å². The summed E-state index contributed by atoms with van der Waals surface area (Å²) in [5.41, 5.74) is 1.87. The first-order valence-corrected chi connectivity index (χ1v) is 5.40. The van der Waals surface area contributed by atoms with E-state index in [2.05, 4.69) is 10.3 Å². The second-order valence-electron chi connectivity index (χ2n) is 3.51. The van der Waals surface area contributed by atoms with E-state index < -0.39 is 0 Å². The highest BCUT2D eigenvalue weighted by Crippen LogP contribution is 2.11. The van der Waals surface area contributed by atoms with E-state index in [0.29, 0.717) is 18.0 Å². The molecule has 1 heterocycles. The van der Waals surface area contributed by atoms with Crippen molar-refractivity contribution in [2.24, 2.45) is 0 Å². The molecule has 0 radical (unpaired) electrons. The molecule has 0 saturated carbocycles. The van der Waals surface area contributed by atoms with Crippen LogP contribution in [0.3, 0.4) is 0 Å². The van der Waals surface area contributed by atoms with Crippen molar-refractivity contribution in [1.82, 2.24) is 15.0 Å². The van der Waals surface area contributed by atoms with Gasteiger partial charge >= 0.3 is 0 Å². The van der Waals surface area contributed by atoms with Crippen molar-refractivity contribution < 1.29 is 5.11 Å². The van der Waals surface area contributed by atoms with Crippen LogP contribution in [0, 0.1) is 0 Å². The third-order valence-corrected chi connectivity index (χ3v) is 2.42. The molecule has 16 heavy (non-hydrogen) atoms. The zero-order chi connectivity index (χ0) is 11.4. The van der Waals surface area contributed by atoms with Crippen LogP contribution in [0.4, 0.5) is 0 Å². The van der Waals surface area contributed by atoms with E-state index in [1.807, 2.05) is 30.5 Å². The maximum Gasteiger partial charge on any atom is 0.0850 e. The maximum absolute atomic E-state index is 8.76. The molecule has 0 amide bonds. The molecule has 4 nitrogen and oxygen atoms in total. The van der Waals surface area contributed by atoms with Crippen molar-refractivity contribution >= 4 is 11.6 Å². The molecule has 2 aromatic rings. The van der Waals surface area contributed by atoms with Gasteiger partial charge in [0.1, 0.15) is 0 Å². The molecule has 0 aliphatic carbocycles. The van der Waals surface area contributed by atoms with Gasteiger partial charge in [-0.3, -0.25) is 0 Å². The Morgan fingerprint density at radius 1 is 1.38 bits per heavy atom. The van der Waals surface area contributed by atoms with Crippen molar-refractivity contribution in [3.05, 3.63) is 46.7 Å². The lowest BCUT2D eigenvalue weighted by atomic mass is 10.2. The molecule has 1 aromatic heterocycles. The summed E-state index contributed by atoms with van der Waals surface area (Å²) in [6, 6.07) is 7.63. The Bertz CT molecular complexity index is 470. The second kappa shape index (κ2) is 5.09. The van der Waals surface area contributed by atoms with Crippen molar-refractivity contribution in [1.29, 1.82) is 0 Å². The maximum atomic E-state index is 8.76. The Balaban J connectivity index is 2.08. The van der Waals surface area contributed by atoms with Crippen LogP contribution in [0.5, 0.6) is 0 Å². The van der Waals surface area contributed by atoms with E-state index in [1.165, 1.54) is 0 Å². The molecule has 0 atom stereocenters. The second-order valence-corrected chi connectivity index (χ2v) is 3.95. The molecule has 0 aliphatic heterocycles. The van der Waals surface area contributed by atoms with Crippen molar-refractivity contribution in [3.8, 4) is 0 Å². The Hall–Kier alpha value is -1.39. The minimum Gasteiger partial charge on any atom is -0.396 e. The largest absolute Gasteiger partial charge is 0.396 e. The van der Waals surface area contributed by atoms with E-state index in [-0.39, 0.29) is 6.61 Å². The predicted octanol–water partition coefficient (Wildman–Crippen LogP) is 1.51. The Kier molecular flexibility index (Phi) is 3.54. The Morgan fingerprint density at radius 2 is 2.25 bits per heavy atom. The number of rotatable bonds is 4. The number of nitrogens with zero attached hydrogens (tertiary/aromatic N) is 3. The van der Waals surface area contributed by atoms with Crippen LogP contribution in [-0.4, -0.2) is 26.7 Å². The van der Waals surface area contributed by atoms with Crippen molar-refractivity contribution in [2.45, 2.75) is 13.0 Å². The number of aliphatic hydroxyl groups is 1. The predicted molar refractivity (Wildman–Crippen MR) is 61.4 cm³/mol. The van der Waals surface area contributed by atoms with E-state index in [1.54, 1.807) is 4.68 Å². The molecule has 2 rings (SSSR count). The normalized spacial score (nSPS) is 10.6. The third kappa shape index (κ3) is 2.81. The average molecular weight is 238 g/mol. The quantitative estimate of drug-likeness (QED) is 0.877. The summed E-state index contributed by atoms with van der Waals surface area (Å²) in [7, 11) is 0. The molecule has 0 saturated heterocycles. The van der Waals surface area contributed by atoms with E-state index >= 15 is 0 Å². The van der Waals surface area contributed by atoms with Gasteiger partial charge in [-0.05, 0) is 17.7 Å². The van der Waals surface area contributed by atoms with Crippen LogP contribution in [0.15, 0.2) is 30.5 Å². The molecule has 0 fully saturated rings. The fourth-order valence-electron chi connectivity index (χ4n) is 1.47. The summed E-state index contributed by atoms with van der Waals surface area (Å²) in [6.07, 6.45) is 2.37. The van der Waals surface area contributed by atoms with E-state index in [9.17, 15) is 0 Å². The van der Waals surface area contributed by atoms with Crippen LogP contribution in [0.1, 0.15) is 11.3 Å². The first-order valence-electron chi connectivity index (χ1n) is 5.02. The van der Waals surface area contributed by atoms with Gasteiger partial charge in [-0.15, -0.1) is 5.10 Å². The molecule has 5 heteroatoms. The smallest absolute Gasteiger partial charge is 0.0850 e. The van der Waals surface area contributed by atoms with Crippen LogP contribution in [0.2, 0.25) is 5.02 Å². The van der Waals surface area contributed by atoms with Gasteiger partial charge < -0.3 is 5.11 Å². The summed E-state index contributed by atoms with van der Waals surface area (Å²) < 4.78 is 1.73. The van der Waals surface area contributed by atoms with Gasteiger partial charge in [-0.1, -0.05) is 28.9 Å². The summed E-state index contributed by atoms with van der Waals surface area (Å²) in [6.45, 7) is 0.731. The van der Waals surface area contributed by atoms with Crippen molar-refractivity contribution in [2.75, 3.05) is 6.61 Å². The fourth-order valence-corrected chi connectivity index (χ4v) is 1.68. The monoisotopic (exact) mass is 237 g/mol. The molecule has 1 N–H and O–H groups in total. The Labute approximate surface area is 98.5 Å². The standard InChI is InChI=1S/C11H12ClN3O/c12-10-3-1-2-9(6-10)7-15-8-11(4-5-16)13-14-15/h1-3,6,8,16H,4-5,7H2. The van der Waals surface area contributed by atoms with Crippen LogP contribution in [-0.2, 0) is 13.0 Å². The van der Waals surface area contributed by atoms with Gasteiger partial charge in [-0.25, -0.2) is 4.68 Å². The first-order chi connectivity index (χ1) is 7.78. The number of aliphatic hydroxyl groups excluding tert-OH is 1. The van der Waals surface area contributed by atoms with Crippen LogP contribution >= 0.6 is 11.6 Å². The SMILES string of the molecule is OCCc1cn(Cc2cccc(Cl)c2)nn1. The number of aromatic nitrogens is 3. The molecule has 0 aliphatic rings. The lowest BCUT2D eigenvalue weighted by Crippen LogP contribution is -2.00. The number of hydrogen-bond acceptors (Lipinski definition) is 3. The van der Waals surface area contributed by atoms with Gasteiger partial charge in [0.25, 0.3) is 0 Å². The highest BCUT2D eigenvalue weighted by Gasteiger charge is 2.01. The molecule has 84 valence electrons. The minimum absolute atomic E-state index is 0.0931. The zero-order valence-corrected chi connectivity index (χ0v) is 9.43. The first kappa shape index (κ1) is 11.1.